The van der Waals surface area contributed by atoms with Gasteiger partial charge in [0.05, 0.1) is 17.6 Å². The molecule has 0 aliphatic heterocycles. The second-order valence-electron chi connectivity index (χ2n) is 12.0. The van der Waals surface area contributed by atoms with E-state index in [-0.39, 0.29) is 28.9 Å². The van der Waals surface area contributed by atoms with Crippen LogP contribution in [0.1, 0.15) is 75.0 Å². The van der Waals surface area contributed by atoms with Crippen LogP contribution >= 0.6 is 0 Å². The zero-order valence-corrected chi connectivity index (χ0v) is 22.9. The number of hydrogen-bond acceptors (Lipinski definition) is 3. The molecule has 0 atom stereocenters. The van der Waals surface area contributed by atoms with Crippen LogP contribution in [0.25, 0.3) is 11.0 Å². The first-order valence-electron chi connectivity index (χ1n) is 13.1. The second-order valence-corrected chi connectivity index (χ2v) is 12.0. The fraction of sp³-hybridized carbons (Fsp3) is 0.375. The second kappa shape index (κ2) is 10.0. The van der Waals surface area contributed by atoms with E-state index in [1.807, 2.05) is 88.6 Å². The van der Waals surface area contributed by atoms with Crippen LogP contribution in [-0.2, 0) is 30.3 Å². The Bertz CT molecular complexity index is 1440. The van der Waals surface area contributed by atoms with Crippen molar-refractivity contribution in [3.63, 3.8) is 0 Å². The highest BCUT2D eigenvalue weighted by Gasteiger charge is 2.28. The van der Waals surface area contributed by atoms with Crippen molar-refractivity contribution >= 4 is 16.8 Å². The van der Waals surface area contributed by atoms with Crippen molar-refractivity contribution in [3.8, 4) is 5.75 Å². The molecule has 0 aliphatic rings. The summed E-state index contributed by atoms with van der Waals surface area (Å²) in [5.41, 5.74) is 4.92. The van der Waals surface area contributed by atoms with E-state index in [1.54, 1.807) is 4.57 Å². The minimum atomic E-state index is -0.317. The maximum atomic E-state index is 13.7. The van der Waals surface area contributed by atoms with Crippen LogP contribution in [0, 0.1) is 5.41 Å². The van der Waals surface area contributed by atoms with Crippen LogP contribution in [0.3, 0.4) is 0 Å². The number of hydrogen-bond donors (Lipinski definition) is 2. The predicted octanol–water partition coefficient (Wildman–Crippen LogP) is 6.74. The van der Waals surface area contributed by atoms with Gasteiger partial charge in [0, 0.05) is 23.2 Å². The van der Waals surface area contributed by atoms with Gasteiger partial charge in [-0.2, -0.15) is 0 Å². The van der Waals surface area contributed by atoms with Gasteiger partial charge in [-0.25, -0.2) is 0 Å². The molecule has 2 N–H and O–H groups in total. The highest BCUT2D eigenvalue weighted by Crippen LogP contribution is 2.40. The summed E-state index contributed by atoms with van der Waals surface area (Å²) in [5, 5.41) is 20.0. The molecule has 0 bridgehead atoms. The summed E-state index contributed by atoms with van der Waals surface area (Å²) in [7, 11) is 0. The summed E-state index contributed by atoms with van der Waals surface area (Å²) in [6, 6.07) is 22.0. The molecule has 0 aliphatic carbocycles. The topological polar surface area (TPSA) is 71.0 Å². The quantitative estimate of drug-likeness (QED) is 0.278. The Morgan fingerprint density at radius 1 is 0.811 bits per heavy atom. The minimum Gasteiger partial charge on any atom is -0.507 e. The summed E-state index contributed by atoms with van der Waals surface area (Å²) in [4.78, 5) is 13.7. The summed E-state index contributed by atoms with van der Waals surface area (Å²) >= 11 is 0. The third-order valence-electron chi connectivity index (χ3n) is 7.01. The molecule has 0 fully saturated rings. The number of aromatic nitrogens is 2. The first-order valence-corrected chi connectivity index (χ1v) is 13.1. The van der Waals surface area contributed by atoms with Gasteiger partial charge in [0.25, 0.3) is 0 Å². The van der Waals surface area contributed by atoms with Crippen molar-refractivity contribution in [3.05, 3.63) is 94.6 Å². The van der Waals surface area contributed by atoms with Crippen LogP contribution in [0.2, 0.25) is 0 Å². The van der Waals surface area contributed by atoms with Gasteiger partial charge in [-0.1, -0.05) is 84.0 Å². The number of phenols is 1. The monoisotopic (exact) mass is 497 g/mol. The SMILES string of the molecule is CC(C)(C)c1cc(C(=O)Cn2c(=N)n(CCCc3ccccc3)c3ccccc32)cc(C(C)(C)C)c1O. The van der Waals surface area contributed by atoms with E-state index in [2.05, 4.69) is 24.3 Å². The van der Waals surface area contributed by atoms with Crippen molar-refractivity contribution in [2.75, 3.05) is 0 Å². The summed E-state index contributed by atoms with van der Waals surface area (Å²) in [6.45, 7) is 13.0. The maximum Gasteiger partial charge on any atom is 0.203 e. The molecule has 194 valence electrons. The number of aryl methyl sites for hydroxylation is 2. The number of carbonyl (C=O) groups excluding carboxylic acids is 1. The molecule has 4 rings (SSSR count). The Morgan fingerprint density at radius 3 is 1.86 bits per heavy atom. The molecular formula is C32H39N3O2. The maximum absolute atomic E-state index is 13.7. The Hall–Kier alpha value is -3.60. The largest absolute Gasteiger partial charge is 0.507 e. The zero-order valence-electron chi connectivity index (χ0n) is 22.9. The molecular weight excluding hydrogens is 458 g/mol. The third kappa shape index (κ3) is 5.56. The average molecular weight is 498 g/mol. The van der Waals surface area contributed by atoms with E-state index < -0.39 is 0 Å². The number of benzene rings is 3. The molecule has 0 amide bonds. The Morgan fingerprint density at radius 2 is 1.32 bits per heavy atom. The van der Waals surface area contributed by atoms with E-state index in [0.29, 0.717) is 17.7 Å². The van der Waals surface area contributed by atoms with Crippen molar-refractivity contribution < 1.29 is 9.90 Å². The first-order chi connectivity index (χ1) is 17.4. The molecule has 0 spiro atoms. The summed E-state index contributed by atoms with van der Waals surface area (Å²) in [5.74, 6) is 0.196. The number of aromatic hydroxyl groups is 1. The number of rotatable bonds is 7. The van der Waals surface area contributed by atoms with Crippen molar-refractivity contribution in [1.82, 2.24) is 9.13 Å². The van der Waals surface area contributed by atoms with Crippen LogP contribution in [0.4, 0.5) is 0 Å². The fourth-order valence-electron chi connectivity index (χ4n) is 4.94. The van der Waals surface area contributed by atoms with Gasteiger partial charge < -0.3 is 14.2 Å². The van der Waals surface area contributed by atoms with E-state index in [1.165, 1.54) is 5.56 Å². The van der Waals surface area contributed by atoms with Gasteiger partial charge in [-0.05, 0) is 53.5 Å². The molecule has 3 aromatic carbocycles. The predicted molar refractivity (Wildman–Crippen MR) is 150 cm³/mol. The van der Waals surface area contributed by atoms with Crippen molar-refractivity contribution in [1.29, 1.82) is 5.41 Å². The molecule has 4 aromatic rings. The third-order valence-corrected chi connectivity index (χ3v) is 7.01. The minimum absolute atomic E-state index is 0.0679. The zero-order chi connectivity index (χ0) is 27.0. The molecule has 5 heteroatoms. The summed E-state index contributed by atoms with van der Waals surface area (Å²) < 4.78 is 3.81. The highest BCUT2D eigenvalue weighted by atomic mass is 16.3. The fourth-order valence-corrected chi connectivity index (χ4v) is 4.94. The molecule has 1 heterocycles. The number of nitrogens with zero attached hydrogens (tertiary/aromatic N) is 2. The van der Waals surface area contributed by atoms with Crippen LogP contribution < -0.4 is 5.62 Å². The van der Waals surface area contributed by atoms with Gasteiger partial charge in [0.1, 0.15) is 5.75 Å². The lowest BCUT2D eigenvalue weighted by Gasteiger charge is -2.28. The lowest BCUT2D eigenvalue weighted by Crippen LogP contribution is -2.28. The molecule has 0 saturated heterocycles. The Balaban J connectivity index is 1.69. The molecule has 5 nitrogen and oxygen atoms in total. The van der Waals surface area contributed by atoms with Crippen LogP contribution in [-0.4, -0.2) is 20.0 Å². The number of phenolic OH excluding ortho intramolecular Hbond substituents is 1. The molecule has 0 radical (unpaired) electrons. The normalized spacial score (nSPS) is 12.3. The number of para-hydroxylation sites is 2. The van der Waals surface area contributed by atoms with Gasteiger partial charge in [0.15, 0.2) is 5.78 Å². The lowest BCUT2D eigenvalue weighted by atomic mass is 9.78. The number of fused-ring (bicyclic) bond motifs is 1. The summed E-state index contributed by atoms with van der Waals surface area (Å²) in [6.07, 6.45) is 1.84. The van der Waals surface area contributed by atoms with Gasteiger partial charge in [-0.15, -0.1) is 0 Å². The number of Topliss-reactive ketones (excluding diaryl/α,β-unsaturated/α-hetero) is 1. The molecule has 37 heavy (non-hydrogen) atoms. The van der Waals surface area contributed by atoms with Crippen molar-refractivity contribution in [2.24, 2.45) is 0 Å². The number of imidazole rings is 1. The highest BCUT2D eigenvalue weighted by molar-refractivity contribution is 5.97. The smallest absolute Gasteiger partial charge is 0.203 e. The number of ketones is 1. The Kier molecular flexibility index (Phi) is 7.18. The van der Waals surface area contributed by atoms with E-state index in [4.69, 9.17) is 5.41 Å². The first kappa shape index (κ1) is 26.5. The standard InChI is InChI=1S/C32H39N3O2/c1-31(2,3)24-19-23(20-25(29(24)37)32(4,5)6)28(36)21-35-27-17-11-10-16-26(27)34(30(35)33)18-12-15-22-13-8-7-9-14-22/h7-11,13-14,16-17,19-20,33,37H,12,15,18,21H2,1-6H3. The lowest BCUT2D eigenvalue weighted by molar-refractivity contribution is 0.0971. The van der Waals surface area contributed by atoms with Crippen molar-refractivity contribution in [2.45, 2.75) is 78.3 Å². The van der Waals surface area contributed by atoms with E-state index >= 15 is 0 Å². The number of nitrogens with one attached hydrogen (secondary N) is 1. The molecule has 0 saturated carbocycles. The Labute approximate surface area is 219 Å². The molecule has 0 unspecified atom stereocenters. The van der Waals surface area contributed by atoms with E-state index in [0.717, 1.165) is 35.0 Å². The van der Waals surface area contributed by atoms with Crippen LogP contribution in [0.5, 0.6) is 5.75 Å². The average Bonchev–Trinajstić information content (AvgIpc) is 3.09. The van der Waals surface area contributed by atoms with Gasteiger partial charge >= 0.3 is 0 Å². The van der Waals surface area contributed by atoms with Gasteiger partial charge in [0.2, 0.25) is 5.62 Å². The molecule has 1 aromatic heterocycles. The number of carbonyl (C=O) groups is 1. The van der Waals surface area contributed by atoms with Crippen LogP contribution in [0.15, 0.2) is 66.7 Å². The van der Waals surface area contributed by atoms with E-state index in [9.17, 15) is 9.90 Å². The van der Waals surface area contributed by atoms with Gasteiger partial charge in [-0.3, -0.25) is 10.2 Å².